The zero-order valence-electron chi connectivity index (χ0n) is 7.40. The van der Waals surface area contributed by atoms with Crippen LogP contribution in [0.25, 0.3) is 0 Å². The Kier molecular flexibility index (Phi) is 3.51. The molecule has 0 saturated carbocycles. The number of hydrogen-bond acceptors (Lipinski definition) is 2. The minimum Gasteiger partial charge on any atom is -0.398 e. The van der Waals surface area contributed by atoms with E-state index in [2.05, 4.69) is 5.32 Å². The maximum atomic E-state index is 13.2. The fourth-order valence-corrected chi connectivity index (χ4v) is 1.27. The van der Waals surface area contributed by atoms with E-state index in [0.29, 0.717) is 22.8 Å². The molecule has 72 valence electrons. The highest BCUT2D eigenvalue weighted by molar-refractivity contribution is 6.30. The summed E-state index contributed by atoms with van der Waals surface area (Å²) in [5.74, 6) is -0.356. The third-order valence-corrected chi connectivity index (χ3v) is 1.96. The Morgan fingerprint density at radius 2 is 2.23 bits per heavy atom. The van der Waals surface area contributed by atoms with Gasteiger partial charge in [-0.25, -0.2) is 4.39 Å². The molecule has 0 unspecified atom stereocenters. The molecule has 0 aliphatic rings. The van der Waals surface area contributed by atoms with Crippen LogP contribution in [0.15, 0.2) is 12.1 Å². The molecule has 0 radical (unpaired) electrons. The van der Waals surface area contributed by atoms with E-state index in [4.69, 9.17) is 17.3 Å². The third-order valence-electron chi connectivity index (χ3n) is 1.75. The van der Waals surface area contributed by atoms with Crippen molar-refractivity contribution < 1.29 is 4.39 Å². The molecule has 3 N–H and O–H groups in total. The van der Waals surface area contributed by atoms with Gasteiger partial charge in [0.25, 0.3) is 0 Å². The summed E-state index contributed by atoms with van der Waals surface area (Å²) in [5.41, 5.74) is 6.47. The summed E-state index contributed by atoms with van der Waals surface area (Å²) in [6.07, 6.45) is 0. The Hall–Kier alpha value is -0.800. The normalized spacial score (nSPS) is 10.4. The molecule has 0 amide bonds. The SMILES string of the molecule is CCNCc1c(N)cc(Cl)cc1F. The summed E-state index contributed by atoms with van der Waals surface area (Å²) in [6, 6.07) is 2.82. The molecule has 0 aliphatic carbocycles. The molecule has 13 heavy (non-hydrogen) atoms. The average molecular weight is 203 g/mol. The number of anilines is 1. The molecular weight excluding hydrogens is 191 g/mol. The number of rotatable bonds is 3. The fourth-order valence-electron chi connectivity index (χ4n) is 1.06. The smallest absolute Gasteiger partial charge is 0.131 e. The van der Waals surface area contributed by atoms with E-state index in [0.717, 1.165) is 6.54 Å². The Labute approximate surface area is 81.9 Å². The highest BCUT2D eigenvalue weighted by atomic mass is 35.5. The van der Waals surface area contributed by atoms with E-state index in [1.807, 2.05) is 6.92 Å². The predicted octanol–water partition coefficient (Wildman–Crippen LogP) is 2.17. The van der Waals surface area contributed by atoms with Crippen molar-refractivity contribution in [2.45, 2.75) is 13.5 Å². The van der Waals surface area contributed by atoms with Crippen molar-refractivity contribution >= 4 is 17.3 Å². The van der Waals surface area contributed by atoms with Gasteiger partial charge in [-0.05, 0) is 18.7 Å². The average Bonchev–Trinajstić information content (AvgIpc) is 2.02. The van der Waals surface area contributed by atoms with Crippen molar-refractivity contribution in [1.29, 1.82) is 0 Å². The topological polar surface area (TPSA) is 38.0 Å². The minimum atomic E-state index is -0.356. The van der Waals surface area contributed by atoms with Crippen LogP contribution in [0, 0.1) is 5.82 Å². The van der Waals surface area contributed by atoms with Gasteiger partial charge >= 0.3 is 0 Å². The summed E-state index contributed by atoms with van der Waals surface area (Å²) in [7, 11) is 0. The number of benzene rings is 1. The standard InChI is InChI=1S/C9H12ClFN2/c1-2-13-5-7-8(11)3-6(10)4-9(7)12/h3-4,13H,2,5,12H2,1H3. The van der Waals surface area contributed by atoms with Gasteiger partial charge < -0.3 is 11.1 Å². The van der Waals surface area contributed by atoms with Gasteiger partial charge in [0.15, 0.2) is 0 Å². The summed E-state index contributed by atoms with van der Waals surface area (Å²) < 4.78 is 13.2. The predicted molar refractivity (Wildman–Crippen MR) is 53.2 cm³/mol. The van der Waals surface area contributed by atoms with Crippen LogP contribution >= 0.6 is 11.6 Å². The van der Waals surface area contributed by atoms with Crippen LogP contribution in [-0.4, -0.2) is 6.54 Å². The van der Waals surface area contributed by atoms with Crippen molar-refractivity contribution in [1.82, 2.24) is 5.32 Å². The molecule has 0 saturated heterocycles. The number of nitrogens with two attached hydrogens (primary N) is 1. The molecule has 1 aromatic rings. The number of nitrogens with one attached hydrogen (secondary N) is 1. The lowest BCUT2D eigenvalue weighted by Gasteiger charge is -2.07. The van der Waals surface area contributed by atoms with E-state index in [1.54, 1.807) is 6.07 Å². The number of nitrogen functional groups attached to an aromatic ring is 1. The summed E-state index contributed by atoms with van der Waals surface area (Å²) in [6.45, 7) is 3.16. The van der Waals surface area contributed by atoms with Crippen molar-refractivity contribution in [3.8, 4) is 0 Å². The minimum absolute atomic E-state index is 0.329. The molecule has 2 nitrogen and oxygen atoms in total. The largest absolute Gasteiger partial charge is 0.398 e. The fraction of sp³-hybridized carbons (Fsp3) is 0.333. The van der Waals surface area contributed by atoms with E-state index < -0.39 is 0 Å². The summed E-state index contributed by atoms with van der Waals surface area (Å²) in [4.78, 5) is 0. The lowest BCUT2D eigenvalue weighted by atomic mass is 10.1. The van der Waals surface area contributed by atoms with E-state index in [9.17, 15) is 4.39 Å². The second kappa shape index (κ2) is 4.44. The van der Waals surface area contributed by atoms with Gasteiger partial charge in [0, 0.05) is 22.8 Å². The second-order valence-electron chi connectivity index (χ2n) is 2.74. The van der Waals surface area contributed by atoms with Crippen LogP contribution in [0.3, 0.4) is 0 Å². The van der Waals surface area contributed by atoms with Gasteiger partial charge in [-0.15, -0.1) is 0 Å². The van der Waals surface area contributed by atoms with Crippen molar-refractivity contribution in [2.75, 3.05) is 12.3 Å². The van der Waals surface area contributed by atoms with Gasteiger partial charge in [0.2, 0.25) is 0 Å². The molecule has 0 aromatic heterocycles. The zero-order valence-corrected chi connectivity index (χ0v) is 8.16. The van der Waals surface area contributed by atoms with Crippen LogP contribution in [-0.2, 0) is 6.54 Å². The molecule has 0 heterocycles. The molecule has 0 fully saturated rings. The first-order chi connectivity index (χ1) is 6.15. The van der Waals surface area contributed by atoms with Crippen LogP contribution in [0.4, 0.5) is 10.1 Å². The molecule has 0 spiro atoms. The van der Waals surface area contributed by atoms with Gasteiger partial charge in [0.1, 0.15) is 5.82 Å². The molecule has 1 rings (SSSR count). The zero-order chi connectivity index (χ0) is 9.84. The Bertz CT molecular complexity index is 279. The first-order valence-electron chi connectivity index (χ1n) is 4.09. The van der Waals surface area contributed by atoms with Gasteiger partial charge in [-0.2, -0.15) is 0 Å². The lowest BCUT2D eigenvalue weighted by Crippen LogP contribution is -2.14. The quantitative estimate of drug-likeness (QED) is 0.738. The van der Waals surface area contributed by atoms with Crippen LogP contribution in [0.1, 0.15) is 12.5 Å². The lowest BCUT2D eigenvalue weighted by molar-refractivity contribution is 0.595. The Morgan fingerprint density at radius 3 is 2.77 bits per heavy atom. The van der Waals surface area contributed by atoms with Crippen LogP contribution in [0.2, 0.25) is 5.02 Å². The van der Waals surface area contributed by atoms with Crippen molar-refractivity contribution in [2.24, 2.45) is 0 Å². The highest BCUT2D eigenvalue weighted by Gasteiger charge is 2.06. The van der Waals surface area contributed by atoms with Crippen LogP contribution in [0.5, 0.6) is 0 Å². The molecule has 4 heteroatoms. The number of hydrogen-bond donors (Lipinski definition) is 2. The van der Waals surface area contributed by atoms with Crippen molar-refractivity contribution in [3.05, 3.63) is 28.5 Å². The molecule has 0 atom stereocenters. The van der Waals surface area contributed by atoms with Gasteiger partial charge in [-0.3, -0.25) is 0 Å². The first kappa shape index (κ1) is 10.3. The maximum absolute atomic E-state index is 13.2. The second-order valence-corrected chi connectivity index (χ2v) is 3.17. The molecule has 0 aliphatic heterocycles. The summed E-state index contributed by atoms with van der Waals surface area (Å²) >= 11 is 5.62. The van der Waals surface area contributed by atoms with E-state index in [-0.39, 0.29) is 5.82 Å². The van der Waals surface area contributed by atoms with Crippen molar-refractivity contribution in [3.63, 3.8) is 0 Å². The van der Waals surface area contributed by atoms with Gasteiger partial charge in [0.05, 0.1) is 0 Å². The highest BCUT2D eigenvalue weighted by Crippen LogP contribution is 2.21. The first-order valence-corrected chi connectivity index (χ1v) is 4.47. The molecule has 0 bridgehead atoms. The Balaban J connectivity index is 2.92. The Morgan fingerprint density at radius 1 is 1.54 bits per heavy atom. The van der Waals surface area contributed by atoms with E-state index >= 15 is 0 Å². The van der Waals surface area contributed by atoms with Crippen LogP contribution < -0.4 is 11.1 Å². The monoisotopic (exact) mass is 202 g/mol. The maximum Gasteiger partial charge on any atom is 0.131 e. The van der Waals surface area contributed by atoms with E-state index in [1.165, 1.54) is 6.07 Å². The molecular formula is C9H12ClFN2. The summed E-state index contributed by atoms with van der Waals surface area (Å²) in [5, 5.41) is 3.33. The third kappa shape index (κ3) is 2.57. The van der Waals surface area contributed by atoms with Gasteiger partial charge in [-0.1, -0.05) is 18.5 Å². The molecule has 1 aromatic carbocycles. The number of halogens is 2.